The number of halogens is 1. The normalized spacial score (nSPS) is 18.4. The molecule has 150 valence electrons. The van der Waals surface area contributed by atoms with Gasteiger partial charge in [0.2, 0.25) is 0 Å². The third-order valence-electron chi connectivity index (χ3n) is 5.41. The fourth-order valence-corrected chi connectivity index (χ4v) is 4.78. The number of para-hydroxylation sites is 1. The lowest BCUT2D eigenvalue weighted by Crippen LogP contribution is -2.47. The van der Waals surface area contributed by atoms with Gasteiger partial charge in [0.15, 0.2) is 5.79 Å². The first-order valence-electron chi connectivity index (χ1n) is 9.61. The molecular weight excluding hydrogens is 410 g/mol. The standard InChI is InChI=1S/C21H20ClN3O3S/c22-15-4-1-2-5-17(15)25-18(14-16(23-25)19-6-3-13-29-19)20(26)24-9-7-21(8-10-24)27-11-12-28-21/h1-6,13-14H,7-12H2. The van der Waals surface area contributed by atoms with Crippen LogP contribution in [0.15, 0.2) is 47.8 Å². The zero-order chi connectivity index (χ0) is 19.8. The van der Waals surface area contributed by atoms with Gasteiger partial charge in [-0.25, -0.2) is 4.68 Å². The first-order chi connectivity index (χ1) is 14.2. The molecule has 8 heteroatoms. The number of carbonyl (C=O) groups excluding carboxylic acids is 1. The maximum atomic E-state index is 13.4. The number of likely N-dealkylation sites (tertiary alicyclic amines) is 1. The van der Waals surface area contributed by atoms with Crippen molar-refractivity contribution in [3.8, 4) is 16.3 Å². The highest BCUT2D eigenvalue weighted by atomic mass is 35.5. The summed E-state index contributed by atoms with van der Waals surface area (Å²) >= 11 is 8.01. The smallest absolute Gasteiger partial charge is 0.272 e. The molecule has 0 saturated carbocycles. The van der Waals surface area contributed by atoms with Crippen molar-refractivity contribution >= 4 is 28.8 Å². The van der Waals surface area contributed by atoms with E-state index in [-0.39, 0.29) is 5.91 Å². The minimum atomic E-state index is -0.512. The van der Waals surface area contributed by atoms with E-state index in [9.17, 15) is 4.79 Å². The number of aromatic nitrogens is 2. The molecule has 2 aliphatic heterocycles. The summed E-state index contributed by atoms with van der Waals surface area (Å²) in [4.78, 5) is 16.3. The number of nitrogens with zero attached hydrogens (tertiary/aromatic N) is 3. The summed E-state index contributed by atoms with van der Waals surface area (Å²) < 4.78 is 13.2. The lowest BCUT2D eigenvalue weighted by Gasteiger charge is -2.37. The van der Waals surface area contributed by atoms with Gasteiger partial charge in [-0.2, -0.15) is 5.10 Å². The van der Waals surface area contributed by atoms with E-state index in [2.05, 4.69) is 0 Å². The Bertz CT molecular complexity index is 1020. The molecule has 3 aromatic rings. The monoisotopic (exact) mass is 429 g/mol. The highest BCUT2D eigenvalue weighted by Gasteiger charge is 2.41. The molecular formula is C21H20ClN3O3S. The number of hydrogen-bond acceptors (Lipinski definition) is 5. The Hall–Kier alpha value is -2.19. The summed E-state index contributed by atoms with van der Waals surface area (Å²) in [5.74, 6) is -0.574. The first kappa shape index (κ1) is 18.8. The highest BCUT2D eigenvalue weighted by molar-refractivity contribution is 7.13. The average Bonchev–Trinajstić information content (AvgIpc) is 3.49. The van der Waals surface area contributed by atoms with E-state index in [1.165, 1.54) is 0 Å². The molecule has 1 aromatic carbocycles. The fraction of sp³-hybridized carbons (Fsp3) is 0.333. The number of rotatable bonds is 3. The Morgan fingerprint density at radius 1 is 1.10 bits per heavy atom. The van der Waals surface area contributed by atoms with E-state index in [4.69, 9.17) is 26.2 Å². The zero-order valence-electron chi connectivity index (χ0n) is 15.7. The summed E-state index contributed by atoms with van der Waals surface area (Å²) in [5.41, 5.74) is 1.96. The van der Waals surface area contributed by atoms with Gasteiger partial charge in [-0.1, -0.05) is 29.8 Å². The first-order valence-corrected chi connectivity index (χ1v) is 10.9. The number of piperidine rings is 1. The lowest BCUT2D eigenvalue weighted by molar-refractivity contribution is -0.181. The summed E-state index contributed by atoms with van der Waals surface area (Å²) in [5, 5.41) is 7.26. The van der Waals surface area contributed by atoms with Gasteiger partial charge in [0, 0.05) is 25.9 Å². The SMILES string of the molecule is O=C(c1cc(-c2cccs2)nn1-c1ccccc1Cl)N1CCC2(CC1)OCCO2. The Labute approximate surface area is 177 Å². The second kappa shape index (κ2) is 7.57. The minimum Gasteiger partial charge on any atom is -0.347 e. The lowest BCUT2D eigenvalue weighted by atomic mass is 10.0. The van der Waals surface area contributed by atoms with Crippen LogP contribution in [0.5, 0.6) is 0 Å². The maximum Gasteiger partial charge on any atom is 0.272 e. The number of carbonyl (C=O) groups is 1. The highest BCUT2D eigenvalue weighted by Crippen LogP contribution is 2.33. The molecule has 0 bridgehead atoms. The van der Waals surface area contributed by atoms with E-state index >= 15 is 0 Å². The summed E-state index contributed by atoms with van der Waals surface area (Å²) in [6.07, 6.45) is 1.35. The largest absolute Gasteiger partial charge is 0.347 e. The van der Waals surface area contributed by atoms with Gasteiger partial charge in [-0.15, -0.1) is 11.3 Å². The molecule has 2 aliphatic rings. The molecule has 0 atom stereocenters. The summed E-state index contributed by atoms with van der Waals surface area (Å²) in [6.45, 7) is 2.41. The van der Waals surface area contributed by atoms with Crippen LogP contribution in [-0.4, -0.2) is 52.7 Å². The average molecular weight is 430 g/mol. The Morgan fingerprint density at radius 3 is 2.55 bits per heavy atom. The van der Waals surface area contributed by atoms with E-state index < -0.39 is 5.79 Å². The second-order valence-corrected chi connectivity index (χ2v) is 8.51. The summed E-state index contributed by atoms with van der Waals surface area (Å²) in [7, 11) is 0. The Kier molecular flexibility index (Phi) is 4.91. The molecule has 4 heterocycles. The van der Waals surface area contributed by atoms with Crippen molar-refractivity contribution in [3.05, 3.63) is 58.6 Å². The fourth-order valence-electron chi connectivity index (χ4n) is 3.88. The second-order valence-electron chi connectivity index (χ2n) is 7.16. The number of hydrogen-bond donors (Lipinski definition) is 0. The molecule has 2 aromatic heterocycles. The van der Waals surface area contributed by atoms with E-state index in [0.717, 1.165) is 10.6 Å². The number of ether oxygens (including phenoxy) is 2. The van der Waals surface area contributed by atoms with Gasteiger partial charge in [-0.3, -0.25) is 4.79 Å². The van der Waals surface area contributed by atoms with Crippen molar-refractivity contribution in [2.45, 2.75) is 18.6 Å². The van der Waals surface area contributed by atoms with Crippen molar-refractivity contribution in [2.24, 2.45) is 0 Å². The van der Waals surface area contributed by atoms with Gasteiger partial charge >= 0.3 is 0 Å². The van der Waals surface area contributed by atoms with Crippen molar-refractivity contribution in [2.75, 3.05) is 26.3 Å². The zero-order valence-corrected chi connectivity index (χ0v) is 17.3. The predicted molar refractivity (Wildman–Crippen MR) is 112 cm³/mol. The van der Waals surface area contributed by atoms with E-state index in [1.54, 1.807) is 22.1 Å². The van der Waals surface area contributed by atoms with Crippen LogP contribution in [0, 0.1) is 0 Å². The van der Waals surface area contributed by atoms with Crippen LogP contribution in [0.25, 0.3) is 16.3 Å². The molecule has 5 rings (SSSR count). The molecule has 0 unspecified atom stereocenters. The van der Waals surface area contributed by atoms with E-state index in [0.29, 0.717) is 55.5 Å². The molecule has 0 aliphatic carbocycles. The third kappa shape index (κ3) is 3.48. The molecule has 1 amide bonds. The van der Waals surface area contributed by atoms with Gasteiger partial charge in [0.1, 0.15) is 11.4 Å². The van der Waals surface area contributed by atoms with Gasteiger partial charge in [-0.05, 0) is 29.6 Å². The van der Waals surface area contributed by atoms with Crippen LogP contribution in [0.2, 0.25) is 5.02 Å². The Morgan fingerprint density at radius 2 is 1.86 bits per heavy atom. The molecule has 2 saturated heterocycles. The molecule has 0 radical (unpaired) electrons. The molecule has 29 heavy (non-hydrogen) atoms. The van der Waals surface area contributed by atoms with Crippen LogP contribution >= 0.6 is 22.9 Å². The van der Waals surface area contributed by atoms with Crippen LogP contribution in [0.4, 0.5) is 0 Å². The molecule has 1 spiro atoms. The van der Waals surface area contributed by atoms with Gasteiger partial charge in [0.05, 0.1) is 28.8 Å². The van der Waals surface area contributed by atoms with Crippen LogP contribution in [0.1, 0.15) is 23.3 Å². The molecule has 0 N–H and O–H groups in total. The number of thiophene rings is 1. The summed E-state index contributed by atoms with van der Waals surface area (Å²) in [6, 6.07) is 13.3. The van der Waals surface area contributed by atoms with Gasteiger partial charge < -0.3 is 14.4 Å². The quantitative estimate of drug-likeness (QED) is 0.625. The van der Waals surface area contributed by atoms with Crippen LogP contribution in [0.3, 0.4) is 0 Å². The van der Waals surface area contributed by atoms with Crippen molar-refractivity contribution in [1.82, 2.24) is 14.7 Å². The number of benzene rings is 1. The van der Waals surface area contributed by atoms with Crippen molar-refractivity contribution < 1.29 is 14.3 Å². The van der Waals surface area contributed by atoms with Crippen molar-refractivity contribution in [1.29, 1.82) is 0 Å². The topological polar surface area (TPSA) is 56.6 Å². The van der Waals surface area contributed by atoms with E-state index in [1.807, 2.05) is 46.7 Å². The van der Waals surface area contributed by atoms with Crippen LogP contribution < -0.4 is 0 Å². The maximum absolute atomic E-state index is 13.4. The third-order valence-corrected chi connectivity index (χ3v) is 6.62. The van der Waals surface area contributed by atoms with Crippen molar-refractivity contribution in [3.63, 3.8) is 0 Å². The number of amides is 1. The molecule has 6 nitrogen and oxygen atoms in total. The predicted octanol–water partition coefficient (Wildman–Crippen LogP) is 4.23. The van der Waals surface area contributed by atoms with Crippen LogP contribution in [-0.2, 0) is 9.47 Å². The Balaban J connectivity index is 1.48. The minimum absolute atomic E-state index is 0.0620. The molecule has 2 fully saturated rings. The van der Waals surface area contributed by atoms with Gasteiger partial charge in [0.25, 0.3) is 5.91 Å².